The lowest BCUT2D eigenvalue weighted by Gasteiger charge is -2.37. The molecule has 0 saturated carbocycles. The van der Waals surface area contributed by atoms with E-state index in [1.165, 1.54) is 16.8 Å². The summed E-state index contributed by atoms with van der Waals surface area (Å²) in [5.74, 6) is 0. The van der Waals surface area contributed by atoms with E-state index in [2.05, 4.69) is 60.1 Å². The largest absolute Gasteiger partial charge is 0.372 e. The molecule has 2 aliphatic rings. The highest BCUT2D eigenvalue weighted by molar-refractivity contribution is 6.15. The van der Waals surface area contributed by atoms with Gasteiger partial charge < -0.3 is 9.64 Å². The first-order valence-corrected chi connectivity index (χ1v) is 9.85. The molecule has 4 rings (SSSR count). The Bertz CT molecular complexity index is 834. The molecule has 140 valence electrons. The first kappa shape index (κ1) is 17.9. The zero-order valence-electron chi connectivity index (χ0n) is 16.1. The number of morpholine rings is 1. The van der Waals surface area contributed by atoms with Gasteiger partial charge in [0, 0.05) is 43.3 Å². The van der Waals surface area contributed by atoms with Crippen molar-refractivity contribution in [1.82, 2.24) is 4.98 Å². The van der Waals surface area contributed by atoms with Crippen LogP contribution in [0.3, 0.4) is 0 Å². The predicted molar refractivity (Wildman–Crippen MR) is 112 cm³/mol. The Morgan fingerprint density at radius 3 is 2.74 bits per heavy atom. The molecule has 1 aromatic carbocycles. The SMILES string of the molecule is CC1CN(c2cccc(/C=C3\CCCN=C3c3cccnc3)c2)CC(C)O1. The topological polar surface area (TPSA) is 37.7 Å². The fourth-order valence-corrected chi connectivity index (χ4v) is 4.00. The number of rotatable bonds is 3. The lowest BCUT2D eigenvalue weighted by Crippen LogP contribution is -2.45. The minimum absolute atomic E-state index is 0.262. The van der Waals surface area contributed by atoms with E-state index in [0.717, 1.165) is 43.8 Å². The van der Waals surface area contributed by atoms with Crippen molar-refractivity contribution in [1.29, 1.82) is 0 Å². The smallest absolute Gasteiger partial charge is 0.0726 e. The molecule has 2 aromatic rings. The number of ether oxygens (including phenoxy) is 1. The lowest BCUT2D eigenvalue weighted by atomic mass is 9.95. The van der Waals surface area contributed by atoms with E-state index in [0.29, 0.717) is 0 Å². The Balaban J connectivity index is 1.62. The first-order chi connectivity index (χ1) is 13.2. The molecule has 2 unspecified atom stereocenters. The van der Waals surface area contributed by atoms with Gasteiger partial charge in [0.25, 0.3) is 0 Å². The van der Waals surface area contributed by atoms with E-state index in [1.807, 2.05) is 18.5 Å². The monoisotopic (exact) mass is 361 g/mol. The number of pyridine rings is 1. The van der Waals surface area contributed by atoms with Gasteiger partial charge in [0.05, 0.1) is 17.9 Å². The molecule has 0 N–H and O–H groups in total. The zero-order chi connectivity index (χ0) is 18.6. The number of nitrogens with zero attached hydrogens (tertiary/aromatic N) is 3. The van der Waals surface area contributed by atoms with Crippen LogP contribution < -0.4 is 4.90 Å². The maximum atomic E-state index is 5.88. The number of hydrogen-bond acceptors (Lipinski definition) is 4. The van der Waals surface area contributed by atoms with Crippen molar-refractivity contribution >= 4 is 17.5 Å². The van der Waals surface area contributed by atoms with Crippen LogP contribution in [0.1, 0.15) is 37.8 Å². The van der Waals surface area contributed by atoms with E-state index >= 15 is 0 Å². The number of aliphatic imine (C=N–C) groups is 1. The second-order valence-electron chi connectivity index (χ2n) is 7.50. The van der Waals surface area contributed by atoms with Crippen molar-refractivity contribution < 1.29 is 4.74 Å². The van der Waals surface area contributed by atoms with Crippen LogP contribution in [0.25, 0.3) is 6.08 Å². The summed E-state index contributed by atoms with van der Waals surface area (Å²) in [5.41, 5.74) is 5.99. The second-order valence-corrected chi connectivity index (χ2v) is 7.50. The van der Waals surface area contributed by atoms with Crippen molar-refractivity contribution in [3.8, 4) is 0 Å². The van der Waals surface area contributed by atoms with Gasteiger partial charge in [-0.15, -0.1) is 0 Å². The highest BCUT2D eigenvalue weighted by Crippen LogP contribution is 2.25. The molecule has 0 radical (unpaired) electrons. The number of hydrogen-bond donors (Lipinski definition) is 0. The van der Waals surface area contributed by atoms with Crippen molar-refractivity contribution in [2.45, 2.75) is 38.9 Å². The molecule has 0 amide bonds. The molecule has 1 fully saturated rings. The standard InChI is InChI=1S/C23H27N3O/c1-17-15-26(16-18(2)27-17)22-9-3-6-19(13-22)12-20-7-5-11-25-23(20)21-8-4-10-24-14-21/h3-4,6,8-10,12-14,17-18H,5,7,11,15-16H2,1-2H3/b20-12+. The van der Waals surface area contributed by atoms with Gasteiger partial charge in [-0.3, -0.25) is 9.98 Å². The average molecular weight is 361 g/mol. The molecule has 0 spiro atoms. The van der Waals surface area contributed by atoms with Crippen LogP contribution in [0.5, 0.6) is 0 Å². The molecule has 1 saturated heterocycles. The summed E-state index contributed by atoms with van der Waals surface area (Å²) >= 11 is 0. The van der Waals surface area contributed by atoms with Crippen LogP contribution in [0.4, 0.5) is 5.69 Å². The Morgan fingerprint density at radius 2 is 1.96 bits per heavy atom. The number of anilines is 1. The molecule has 4 nitrogen and oxygen atoms in total. The van der Waals surface area contributed by atoms with Crippen LogP contribution in [0, 0.1) is 0 Å². The summed E-state index contributed by atoms with van der Waals surface area (Å²) < 4.78 is 5.88. The fraction of sp³-hybridized carbons (Fsp3) is 0.391. The number of benzene rings is 1. The molecule has 0 bridgehead atoms. The van der Waals surface area contributed by atoms with Crippen LogP contribution in [-0.4, -0.2) is 42.5 Å². The average Bonchev–Trinajstić information content (AvgIpc) is 2.69. The summed E-state index contributed by atoms with van der Waals surface area (Å²) in [6.07, 6.45) is 8.70. The molecular formula is C23H27N3O. The quantitative estimate of drug-likeness (QED) is 0.815. The van der Waals surface area contributed by atoms with Crippen molar-refractivity contribution in [3.63, 3.8) is 0 Å². The van der Waals surface area contributed by atoms with Crippen molar-refractivity contribution in [2.24, 2.45) is 4.99 Å². The minimum atomic E-state index is 0.262. The molecule has 2 aliphatic heterocycles. The summed E-state index contributed by atoms with van der Waals surface area (Å²) in [4.78, 5) is 11.5. The van der Waals surface area contributed by atoms with Crippen molar-refractivity contribution in [2.75, 3.05) is 24.5 Å². The van der Waals surface area contributed by atoms with E-state index in [1.54, 1.807) is 0 Å². The number of allylic oxidation sites excluding steroid dienone is 1. The first-order valence-electron chi connectivity index (χ1n) is 9.85. The predicted octanol–water partition coefficient (Wildman–Crippen LogP) is 4.36. The van der Waals surface area contributed by atoms with Crippen LogP contribution in [0.2, 0.25) is 0 Å². The van der Waals surface area contributed by atoms with E-state index in [-0.39, 0.29) is 12.2 Å². The number of aromatic nitrogens is 1. The Labute approximate surface area is 161 Å². The molecule has 27 heavy (non-hydrogen) atoms. The minimum Gasteiger partial charge on any atom is -0.372 e. The van der Waals surface area contributed by atoms with Gasteiger partial charge in [-0.2, -0.15) is 0 Å². The fourth-order valence-electron chi connectivity index (χ4n) is 4.00. The van der Waals surface area contributed by atoms with Gasteiger partial charge in [0.1, 0.15) is 0 Å². The van der Waals surface area contributed by atoms with Crippen LogP contribution >= 0.6 is 0 Å². The maximum absolute atomic E-state index is 5.88. The third-order valence-electron chi connectivity index (χ3n) is 5.11. The summed E-state index contributed by atoms with van der Waals surface area (Å²) in [7, 11) is 0. The van der Waals surface area contributed by atoms with Gasteiger partial charge in [-0.1, -0.05) is 12.1 Å². The molecule has 0 aliphatic carbocycles. The summed E-state index contributed by atoms with van der Waals surface area (Å²) in [6.45, 7) is 7.06. The van der Waals surface area contributed by atoms with Gasteiger partial charge in [-0.25, -0.2) is 0 Å². The van der Waals surface area contributed by atoms with Gasteiger partial charge in [0.2, 0.25) is 0 Å². The molecule has 4 heteroatoms. The van der Waals surface area contributed by atoms with Gasteiger partial charge in [-0.05, 0) is 68.2 Å². The normalized spacial score (nSPS) is 24.7. The van der Waals surface area contributed by atoms with Crippen LogP contribution in [-0.2, 0) is 4.74 Å². The molecule has 3 heterocycles. The molecule has 1 aromatic heterocycles. The van der Waals surface area contributed by atoms with Crippen molar-refractivity contribution in [3.05, 3.63) is 65.5 Å². The zero-order valence-corrected chi connectivity index (χ0v) is 16.1. The molecule has 2 atom stereocenters. The van der Waals surface area contributed by atoms with E-state index < -0.39 is 0 Å². The molecular weight excluding hydrogens is 334 g/mol. The van der Waals surface area contributed by atoms with Crippen LogP contribution in [0.15, 0.2) is 59.4 Å². The van der Waals surface area contributed by atoms with E-state index in [9.17, 15) is 0 Å². The third-order valence-corrected chi connectivity index (χ3v) is 5.11. The van der Waals surface area contributed by atoms with Gasteiger partial charge in [0.15, 0.2) is 0 Å². The maximum Gasteiger partial charge on any atom is 0.0726 e. The van der Waals surface area contributed by atoms with E-state index in [4.69, 9.17) is 9.73 Å². The lowest BCUT2D eigenvalue weighted by molar-refractivity contribution is -0.00521. The summed E-state index contributed by atoms with van der Waals surface area (Å²) in [6, 6.07) is 12.9. The third kappa shape index (κ3) is 4.28. The van der Waals surface area contributed by atoms with Gasteiger partial charge >= 0.3 is 0 Å². The highest BCUT2D eigenvalue weighted by atomic mass is 16.5. The Kier molecular flexibility index (Phi) is 5.35. The Hall–Kier alpha value is -2.46. The second kappa shape index (κ2) is 8.05. The summed E-state index contributed by atoms with van der Waals surface area (Å²) in [5, 5.41) is 0. The highest BCUT2D eigenvalue weighted by Gasteiger charge is 2.22. The Morgan fingerprint density at radius 1 is 1.11 bits per heavy atom.